The van der Waals surface area contributed by atoms with Crippen molar-refractivity contribution in [3.05, 3.63) is 58.7 Å². The number of carbonyl (C=O) groups excluding carboxylic acids is 3. The van der Waals surface area contributed by atoms with Crippen LogP contribution in [0.3, 0.4) is 0 Å². The Morgan fingerprint density at radius 1 is 1.07 bits per heavy atom. The first-order valence-electron chi connectivity index (χ1n) is 9.94. The molecule has 30 heavy (non-hydrogen) atoms. The molecule has 0 saturated carbocycles. The summed E-state index contributed by atoms with van der Waals surface area (Å²) in [5, 5.41) is 2.74. The predicted octanol–water partition coefficient (Wildman–Crippen LogP) is 3.11. The predicted molar refractivity (Wildman–Crippen MR) is 110 cm³/mol. The number of amides is 3. The van der Waals surface area contributed by atoms with Gasteiger partial charge in [0.05, 0.1) is 19.8 Å². The molecular weight excluding hydrogens is 384 g/mol. The fourth-order valence-electron chi connectivity index (χ4n) is 3.87. The van der Waals surface area contributed by atoms with Gasteiger partial charge in [-0.25, -0.2) is 4.79 Å². The van der Waals surface area contributed by atoms with Gasteiger partial charge in [0, 0.05) is 12.0 Å². The summed E-state index contributed by atoms with van der Waals surface area (Å²) in [6.45, 7) is 6.19. The number of fused-ring (bicyclic) bond motifs is 1. The average Bonchev–Trinajstić information content (AvgIpc) is 2.87. The van der Waals surface area contributed by atoms with Crippen molar-refractivity contribution >= 4 is 17.7 Å². The van der Waals surface area contributed by atoms with Gasteiger partial charge in [0.2, 0.25) is 0 Å². The van der Waals surface area contributed by atoms with Crippen molar-refractivity contribution in [1.82, 2.24) is 10.2 Å². The zero-order chi connectivity index (χ0) is 21.5. The topological polar surface area (TPSA) is 84.9 Å². The number of urea groups is 1. The summed E-state index contributed by atoms with van der Waals surface area (Å²) in [6, 6.07) is 10.1. The Balaban J connectivity index is 1.59. The third-order valence-electron chi connectivity index (χ3n) is 5.58. The summed E-state index contributed by atoms with van der Waals surface area (Å²) in [7, 11) is 0. The maximum absolute atomic E-state index is 13.2. The summed E-state index contributed by atoms with van der Waals surface area (Å²) in [5.74, 6) is 0.399. The van der Waals surface area contributed by atoms with Crippen LogP contribution in [0.5, 0.6) is 11.5 Å². The van der Waals surface area contributed by atoms with Gasteiger partial charge < -0.3 is 14.8 Å². The summed E-state index contributed by atoms with van der Waals surface area (Å²) in [6.07, 6.45) is 0.769. The lowest BCUT2D eigenvalue weighted by Crippen LogP contribution is -2.41. The molecule has 2 aromatic rings. The van der Waals surface area contributed by atoms with E-state index in [9.17, 15) is 14.4 Å². The molecule has 2 aromatic carbocycles. The second kappa shape index (κ2) is 7.48. The van der Waals surface area contributed by atoms with Crippen LogP contribution in [-0.4, -0.2) is 42.4 Å². The van der Waals surface area contributed by atoms with Crippen molar-refractivity contribution in [2.45, 2.75) is 32.7 Å². The van der Waals surface area contributed by atoms with Gasteiger partial charge in [0.1, 0.15) is 5.54 Å². The van der Waals surface area contributed by atoms with Crippen LogP contribution in [-0.2, 0) is 10.3 Å². The Morgan fingerprint density at radius 3 is 2.53 bits per heavy atom. The summed E-state index contributed by atoms with van der Waals surface area (Å²) < 4.78 is 11.3. The van der Waals surface area contributed by atoms with E-state index in [2.05, 4.69) is 5.32 Å². The second-order valence-corrected chi connectivity index (χ2v) is 7.90. The molecule has 0 aliphatic carbocycles. The van der Waals surface area contributed by atoms with Crippen molar-refractivity contribution in [1.29, 1.82) is 0 Å². The molecule has 0 unspecified atom stereocenters. The van der Waals surface area contributed by atoms with Crippen LogP contribution in [0.1, 0.15) is 40.4 Å². The van der Waals surface area contributed by atoms with Gasteiger partial charge in [0.15, 0.2) is 17.3 Å². The van der Waals surface area contributed by atoms with E-state index in [-0.39, 0.29) is 12.3 Å². The van der Waals surface area contributed by atoms with Crippen molar-refractivity contribution in [2.24, 2.45) is 0 Å². The molecule has 7 nitrogen and oxygen atoms in total. The summed E-state index contributed by atoms with van der Waals surface area (Å²) in [4.78, 5) is 39.6. The number of hydrogen-bond acceptors (Lipinski definition) is 5. The fourth-order valence-corrected chi connectivity index (χ4v) is 3.87. The van der Waals surface area contributed by atoms with Gasteiger partial charge in [-0.2, -0.15) is 0 Å². The van der Waals surface area contributed by atoms with Crippen LogP contribution >= 0.6 is 0 Å². The number of benzene rings is 2. The van der Waals surface area contributed by atoms with E-state index in [4.69, 9.17) is 9.47 Å². The maximum atomic E-state index is 13.2. The highest BCUT2D eigenvalue weighted by Gasteiger charge is 2.49. The van der Waals surface area contributed by atoms with Crippen LogP contribution < -0.4 is 14.8 Å². The largest absolute Gasteiger partial charge is 0.490 e. The minimum atomic E-state index is -1.29. The number of carbonyl (C=O) groups is 3. The molecule has 0 spiro atoms. The number of rotatable bonds is 4. The van der Waals surface area contributed by atoms with E-state index in [1.54, 1.807) is 31.2 Å². The molecule has 1 saturated heterocycles. The minimum absolute atomic E-state index is 0.279. The molecule has 0 aromatic heterocycles. The van der Waals surface area contributed by atoms with E-state index in [1.807, 2.05) is 26.0 Å². The first kappa shape index (κ1) is 19.9. The Labute approximate surface area is 175 Å². The third-order valence-corrected chi connectivity index (χ3v) is 5.58. The molecule has 4 rings (SSSR count). The molecule has 1 N–H and O–H groups in total. The van der Waals surface area contributed by atoms with Crippen LogP contribution in [0, 0.1) is 13.8 Å². The molecular formula is C23H24N2O5. The Morgan fingerprint density at radius 2 is 1.80 bits per heavy atom. The van der Waals surface area contributed by atoms with E-state index < -0.39 is 17.5 Å². The zero-order valence-electron chi connectivity index (χ0n) is 17.3. The molecule has 0 radical (unpaired) electrons. The fraction of sp³-hybridized carbons (Fsp3) is 0.348. The van der Waals surface area contributed by atoms with Gasteiger partial charge in [-0.3, -0.25) is 14.5 Å². The van der Waals surface area contributed by atoms with Gasteiger partial charge in [-0.05, 0) is 44.0 Å². The molecule has 0 bridgehead atoms. The van der Waals surface area contributed by atoms with Gasteiger partial charge in [-0.1, -0.05) is 29.8 Å². The third kappa shape index (κ3) is 3.40. The monoisotopic (exact) mass is 408 g/mol. The van der Waals surface area contributed by atoms with Crippen LogP contribution in [0.2, 0.25) is 0 Å². The maximum Gasteiger partial charge on any atom is 0.325 e. The molecule has 7 heteroatoms. The number of aryl methyl sites for hydroxylation is 2. The van der Waals surface area contributed by atoms with Crippen LogP contribution in [0.4, 0.5) is 4.79 Å². The number of nitrogens with one attached hydrogen (secondary N) is 1. The normalized spacial score (nSPS) is 20.7. The number of nitrogens with zero attached hydrogens (tertiary/aromatic N) is 1. The first-order chi connectivity index (χ1) is 14.3. The smallest absolute Gasteiger partial charge is 0.325 e. The van der Waals surface area contributed by atoms with Crippen molar-refractivity contribution < 1.29 is 23.9 Å². The second-order valence-electron chi connectivity index (χ2n) is 7.90. The lowest BCUT2D eigenvalue weighted by Gasteiger charge is -2.23. The zero-order valence-corrected chi connectivity index (χ0v) is 17.3. The van der Waals surface area contributed by atoms with Crippen molar-refractivity contribution in [3.8, 4) is 11.5 Å². The standard InChI is InChI=1S/C23H24N2O5/c1-14-5-7-17(15(2)11-14)18(26)13-25-21(27)23(3,24-22(25)28)16-6-8-19-20(12-16)30-10-4-9-29-19/h5-8,11-12H,4,9-10,13H2,1-3H3,(H,24,28)/t23-/m1/s1. The lowest BCUT2D eigenvalue weighted by molar-refractivity contribution is -0.130. The molecule has 156 valence electrons. The molecule has 1 fully saturated rings. The molecule has 2 aliphatic rings. The highest BCUT2D eigenvalue weighted by Crippen LogP contribution is 2.36. The van der Waals surface area contributed by atoms with Gasteiger partial charge >= 0.3 is 6.03 Å². The molecule has 2 heterocycles. The van der Waals surface area contributed by atoms with Crippen molar-refractivity contribution in [2.75, 3.05) is 19.8 Å². The number of Topliss-reactive ketones (excluding diaryl/α,β-unsaturated/α-hetero) is 1. The number of imide groups is 1. The lowest BCUT2D eigenvalue weighted by atomic mass is 9.91. The number of hydrogen-bond donors (Lipinski definition) is 1. The summed E-state index contributed by atoms with van der Waals surface area (Å²) in [5.41, 5.74) is 1.65. The van der Waals surface area contributed by atoms with Gasteiger partial charge in [-0.15, -0.1) is 0 Å². The van der Waals surface area contributed by atoms with Crippen LogP contribution in [0.15, 0.2) is 36.4 Å². The molecule has 3 amide bonds. The van der Waals surface area contributed by atoms with E-state index in [0.717, 1.165) is 22.4 Å². The quantitative estimate of drug-likeness (QED) is 0.621. The molecule has 1 atom stereocenters. The SMILES string of the molecule is Cc1ccc(C(=O)CN2C(=O)N[C@](C)(c3ccc4c(c3)OCCCO4)C2=O)c(C)c1. The van der Waals surface area contributed by atoms with Gasteiger partial charge in [0.25, 0.3) is 5.91 Å². The Hall–Kier alpha value is -3.35. The van der Waals surface area contributed by atoms with E-state index >= 15 is 0 Å². The highest BCUT2D eigenvalue weighted by molar-refractivity contribution is 6.11. The molecule has 2 aliphatic heterocycles. The van der Waals surface area contributed by atoms with E-state index in [1.165, 1.54) is 0 Å². The minimum Gasteiger partial charge on any atom is -0.490 e. The summed E-state index contributed by atoms with van der Waals surface area (Å²) >= 11 is 0. The van der Waals surface area contributed by atoms with Crippen LogP contribution in [0.25, 0.3) is 0 Å². The first-order valence-corrected chi connectivity index (χ1v) is 9.94. The van der Waals surface area contributed by atoms with E-state index in [0.29, 0.717) is 35.8 Å². The Kier molecular flexibility index (Phi) is 4.97. The average molecular weight is 408 g/mol. The highest BCUT2D eigenvalue weighted by atomic mass is 16.5. The van der Waals surface area contributed by atoms with Crippen molar-refractivity contribution in [3.63, 3.8) is 0 Å². The number of ether oxygens (including phenoxy) is 2. The number of ketones is 1. The Bertz CT molecular complexity index is 1050.